The zero-order chi connectivity index (χ0) is 15.0. The van der Waals surface area contributed by atoms with Crippen LogP contribution in [0.25, 0.3) is 0 Å². The number of nitrogens with zero attached hydrogens (tertiary/aromatic N) is 2. The predicted molar refractivity (Wildman–Crippen MR) is 84.2 cm³/mol. The lowest BCUT2D eigenvalue weighted by Crippen LogP contribution is -2.16. The van der Waals surface area contributed by atoms with Crippen molar-refractivity contribution in [2.24, 2.45) is 5.92 Å². The van der Waals surface area contributed by atoms with Crippen LogP contribution in [0.2, 0.25) is 0 Å². The van der Waals surface area contributed by atoms with Crippen LogP contribution in [0.15, 0.2) is 42.6 Å². The number of hydrogen-bond donors (Lipinski definition) is 0. The number of pyridine rings is 1. The zero-order valence-corrected chi connectivity index (χ0v) is 12.8. The second kappa shape index (κ2) is 5.47. The molecule has 0 spiro atoms. The summed E-state index contributed by atoms with van der Waals surface area (Å²) in [5, 5.41) is 0. The molecule has 1 fully saturated rings. The van der Waals surface area contributed by atoms with E-state index in [2.05, 4.69) is 35.9 Å². The Kier molecular flexibility index (Phi) is 3.66. The Bertz CT molecular complexity index is 623. The number of rotatable bonds is 4. The highest BCUT2D eigenvalue weighted by Gasteiger charge is 2.49. The summed E-state index contributed by atoms with van der Waals surface area (Å²) in [4.78, 5) is 6.63. The van der Waals surface area contributed by atoms with Crippen LogP contribution in [0.3, 0.4) is 0 Å². The van der Waals surface area contributed by atoms with Gasteiger partial charge in [-0.1, -0.05) is 31.2 Å². The summed E-state index contributed by atoms with van der Waals surface area (Å²) in [6.07, 6.45) is 1.95. The van der Waals surface area contributed by atoms with Gasteiger partial charge in [0.15, 0.2) is 0 Å². The highest BCUT2D eigenvalue weighted by Crippen LogP contribution is 2.60. The van der Waals surface area contributed by atoms with Crippen LogP contribution in [0.5, 0.6) is 0 Å². The third-order valence-electron chi connectivity index (χ3n) is 4.66. The maximum atomic E-state index is 13.9. The summed E-state index contributed by atoms with van der Waals surface area (Å²) in [5.74, 6) is 2.03. The predicted octanol–water partition coefficient (Wildman–Crippen LogP) is 4.19. The number of hydrogen-bond acceptors (Lipinski definition) is 2. The molecule has 110 valence electrons. The fourth-order valence-electron chi connectivity index (χ4n) is 3.18. The first-order chi connectivity index (χ1) is 10.1. The van der Waals surface area contributed by atoms with E-state index in [1.54, 1.807) is 12.1 Å². The van der Waals surface area contributed by atoms with E-state index in [0.717, 1.165) is 17.9 Å². The van der Waals surface area contributed by atoms with Crippen molar-refractivity contribution >= 4 is 5.82 Å². The molecule has 1 saturated carbocycles. The van der Waals surface area contributed by atoms with Gasteiger partial charge in [-0.15, -0.1) is 0 Å². The van der Waals surface area contributed by atoms with E-state index in [1.165, 1.54) is 5.56 Å². The van der Waals surface area contributed by atoms with E-state index in [9.17, 15) is 4.39 Å². The summed E-state index contributed by atoms with van der Waals surface area (Å²) in [5.41, 5.74) is 2.05. The Balaban J connectivity index is 1.81. The van der Waals surface area contributed by atoms with Gasteiger partial charge in [0, 0.05) is 19.8 Å². The Hall–Kier alpha value is -1.90. The van der Waals surface area contributed by atoms with Crippen molar-refractivity contribution in [2.75, 3.05) is 18.5 Å². The molecule has 0 saturated heterocycles. The highest BCUT2D eigenvalue weighted by molar-refractivity contribution is 5.43. The summed E-state index contributed by atoms with van der Waals surface area (Å²) in [6, 6.07) is 11.3. The van der Waals surface area contributed by atoms with Crippen molar-refractivity contribution < 1.29 is 4.39 Å². The van der Waals surface area contributed by atoms with Crippen LogP contribution in [-0.4, -0.2) is 18.6 Å². The minimum Gasteiger partial charge on any atom is -0.360 e. The third kappa shape index (κ3) is 2.53. The van der Waals surface area contributed by atoms with E-state index in [4.69, 9.17) is 0 Å². The Morgan fingerprint density at radius 2 is 1.90 bits per heavy atom. The molecule has 0 N–H and O–H groups in total. The van der Waals surface area contributed by atoms with Gasteiger partial charge in [0.2, 0.25) is 0 Å². The molecular weight excluding hydrogens is 263 g/mol. The van der Waals surface area contributed by atoms with Gasteiger partial charge in [0.05, 0.1) is 0 Å². The van der Waals surface area contributed by atoms with Gasteiger partial charge >= 0.3 is 0 Å². The average molecular weight is 284 g/mol. The van der Waals surface area contributed by atoms with Crippen LogP contribution in [0.1, 0.15) is 36.8 Å². The second-order valence-electron chi connectivity index (χ2n) is 5.90. The smallest absolute Gasteiger partial charge is 0.128 e. The fourth-order valence-corrected chi connectivity index (χ4v) is 3.18. The lowest BCUT2D eigenvalue weighted by molar-refractivity contribution is 0.607. The average Bonchev–Trinajstić information content (AvgIpc) is 3.18. The van der Waals surface area contributed by atoms with E-state index >= 15 is 0 Å². The van der Waals surface area contributed by atoms with E-state index < -0.39 is 0 Å². The van der Waals surface area contributed by atoms with Gasteiger partial charge in [-0.25, -0.2) is 9.37 Å². The SMILES string of the molecule is CCN(C)c1ccc(C2C(C)C2c2ccccc2F)cn1. The van der Waals surface area contributed by atoms with Gasteiger partial charge in [-0.3, -0.25) is 0 Å². The first kappa shape index (κ1) is 14.1. The molecule has 1 aliphatic rings. The van der Waals surface area contributed by atoms with Gasteiger partial charge in [0.25, 0.3) is 0 Å². The molecule has 0 amide bonds. The Morgan fingerprint density at radius 1 is 1.14 bits per heavy atom. The maximum Gasteiger partial charge on any atom is 0.128 e. The molecule has 3 unspecified atom stereocenters. The lowest BCUT2D eigenvalue weighted by atomic mass is 10.1. The van der Waals surface area contributed by atoms with Crippen LogP contribution >= 0.6 is 0 Å². The highest BCUT2D eigenvalue weighted by atomic mass is 19.1. The molecule has 1 aliphatic carbocycles. The molecule has 0 radical (unpaired) electrons. The molecule has 1 heterocycles. The quantitative estimate of drug-likeness (QED) is 0.836. The number of benzene rings is 1. The van der Waals surface area contributed by atoms with E-state index in [-0.39, 0.29) is 11.7 Å². The normalized spacial score (nSPS) is 23.9. The summed E-state index contributed by atoms with van der Waals surface area (Å²) < 4.78 is 13.9. The standard InChI is InChI=1S/C18H21FN2/c1-4-21(3)16-10-9-13(11-20-16)17-12(2)18(17)14-7-5-6-8-15(14)19/h5-12,17-18H,4H2,1-3H3. The van der Waals surface area contributed by atoms with E-state index in [1.807, 2.05) is 25.4 Å². The van der Waals surface area contributed by atoms with Gasteiger partial charge in [0.1, 0.15) is 11.6 Å². The molecule has 3 rings (SSSR count). The van der Waals surface area contributed by atoms with Gasteiger partial charge in [-0.2, -0.15) is 0 Å². The minimum atomic E-state index is -0.0906. The molecule has 21 heavy (non-hydrogen) atoms. The van der Waals surface area contributed by atoms with Crippen molar-refractivity contribution in [3.05, 3.63) is 59.5 Å². The van der Waals surface area contributed by atoms with Crippen LogP contribution in [-0.2, 0) is 0 Å². The number of anilines is 1. The molecular formula is C18H21FN2. The largest absolute Gasteiger partial charge is 0.360 e. The first-order valence-corrected chi connectivity index (χ1v) is 7.55. The molecule has 2 nitrogen and oxygen atoms in total. The number of aromatic nitrogens is 1. The van der Waals surface area contributed by atoms with Crippen molar-refractivity contribution in [1.82, 2.24) is 4.98 Å². The Morgan fingerprint density at radius 3 is 2.52 bits per heavy atom. The van der Waals surface area contributed by atoms with E-state index in [0.29, 0.717) is 11.8 Å². The molecule has 3 atom stereocenters. The van der Waals surface area contributed by atoms with Gasteiger partial charge < -0.3 is 4.90 Å². The first-order valence-electron chi connectivity index (χ1n) is 7.55. The van der Waals surface area contributed by atoms with Crippen LogP contribution in [0, 0.1) is 11.7 Å². The molecule has 1 aromatic carbocycles. The van der Waals surface area contributed by atoms with Crippen molar-refractivity contribution in [3.8, 4) is 0 Å². The van der Waals surface area contributed by atoms with Crippen LogP contribution in [0.4, 0.5) is 10.2 Å². The Labute approximate surface area is 125 Å². The molecule has 1 aromatic heterocycles. The van der Waals surface area contributed by atoms with Crippen molar-refractivity contribution in [2.45, 2.75) is 25.7 Å². The third-order valence-corrected chi connectivity index (χ3v) is 4.66. The van der Waals surface area contributed by atoms with Crippen molar-refractivity contribution in [3.63, 3.8) is 0 Å². The molecule has 3 heteroatoms. The summed E-state index contributed by atoms with van der Waals surface area (Å²) in [6.45, 7) is 5.23. The minimum absolute atomic E-state index is 0.0906. The zero-order valence-electron chi connectivity index (χ0n) is 12.8. The molecule has 2 aromatic rings. The summed E-state index contributed by atoms with van der Waals surface area (Å²) in [7, 11) is 2.03. The molecule has 0 bridgehead atoms. The topological polar surface area (TPSA) is 16.1 Å². The summed E-state index contributed by atoms with van der Waals surface area (Å²) >= 11 is 0. The molecule has 0 aliphatic heterocycles. The van der Waals surface area contributed by atoms with Gasteiger partial charge in [-0.05, 0) is 47.9 Å². The fraction of sp³-hybridized carbons (Fsp3) is 0.389. The van der Waals surface area contributed by atoms with Crippen molar-refractivity contribution in [1.29, 1.82) is 0 Å². The lowest BCUT2D eigenvalue weighted by Gasteiger charge is -2.15. The second-order valence-corrected chi connectivity index (χ2v) is 5.90. The van der Waals surface area contributed by atoms with Crippen LogP contribution < -0.4 is 4.90 Å². The monoisotopic (exact) mass is 284 g/mol. The maximum absolute atomic E-state index is 13.9. The number of halogens is 1.